The van der Waals surface area contributed by atoms with Gasteiger partial charge in [-0.3, -0.25) is 0 Å². The number of phenols is 1. The summed E-state index contributed by atoms with van der Waals surface area (Å²) in [6, 6.07) is 1.32. The summed E-state index contributed by atoms with van der Waals surface area (Å²) in [5.41, 5.74) is 4.68. The molecule has 0 unspecified atom stereocenters. The predicted octanol–water partition coefficient (Wildman–Crippen LogP) is 1.36. The number of sulfone groups is 1. The largest absolute Gasteiger partial charge is 0.504 e. The van der Waals surface area contributed by atoms with Crippen LogP contribution in [0.1, 0.15) is 12.8 Å². The molecule has 1 saturated heterocycles. The molecule has 1 fully saturated rings. The van der Waals surface area contributed by atoms with E-state index in [0.29, 0.717) is 0 Å². The lowest BCUT2D eigenvalue weighted by atomic mass is 10.1. The van der Waals surface area contributed by atoms with Crippen molar-refractivity contribution < 1.29 is 22.7 Å². The maximum atomic E-state index is 14.9. The minimum atomic E-state index is -4.56. The van der Waals surface area contributed by atoms with Crippen molar-refractivity contribution in [3.8, 4) is 5.75 Å². The lowest BCUT2D eigenvalue weighted by Gasteiger charge is -2.30. The van der Waals surface area contributed by atoms with E-state index < -0.39 is 31.5 Å². The first kappa shape index (κ1) is 16.8. The molecule has 122 valence electrons. The zero-order valence-corrected chi connectivity index (χ0v) is 13.0. The average Bonchev–Trinajstić information content (AvgIpc) is 2.42. The van der Waals surface area contributed by atoms with Gasteiger partial charge in [0.25, 0.3) is 0 Å². The van der Waals surface area contributed by atoms with Gasteiger partial charge in [-0.05, 0) is 25.2 Å². The Morgan fingerprint density at radius 1 is 1.41 bits per heavy atom. The Morgan fingerprint density at radius 2 is 2.00 bits per heavy atom. The van der Waals surface area contributed by atoms with Crippen molar-refractivity contribution in [2.24, 2.45) is 5.73 Å². The van der Waals surface area contributed by atoms with E-state index >= 15 is 0 Å². The maximum absolute atomic E-state index is 14.9. The fourth-order valence-corrected chi connectivity index (χ4v) is 4.54. The van der Waals surface area contributed by atoms with Crippen LogP contribution >= 0.6 is 11.6 Å². The number of carbonyl (C=O) groups is 1. The van der Waals surface area contributed by atoms with Crippen molar-refractivity contribution in [2.45, 2.75) is 22.7 Å². The number of nitrogens with two attached hydrogens (primary N) is 1. The highest BCUT2D eigenvalue weighted by molar-refractivity contribution is 7.92. The molecule has 1 aliphatic heterocycles. The van der Waals surface area contributed by atoms with Crippen LogP contribution in [-0.4, -0.2) is 37.6 Å². The highest BCUT2D eigenvalue weighted by Gasteiger charge is 2.48. The number of hydrogen-bond donors (Lipinski definition) is 4. The molecule has 0 aromatic heterocycles. The van der Waals surface area contributed by atoms with Crippen molar-refractivity contribution in [3.05, 3.63) is 17.2 Å². The average molecular weight is 352 g/mol. The highest BCUT2D eigenvalue weighted by Crippen LogP contribution is 2.44. The molecular formula is C12H15ClFN3O4S. The standard InChI is InChI=1S/C12H15ClFN3O4S/c13-7-1-2-8(17-11(15)19)9(18)10(7)22(20,21)12(14)3-5-16-6-4-12/h1-2,16,18H,3-6H2,(H3,15,17,19). The second kappa shape index (κ2) is 5.90. The van der Waals surface area contributed by atoms with E-state index in [0.717, 1.165) is 6.07 Å². The molecule has 5 N–H and O–H groups in total. The smallest absolute Gasteiger partial charge is 0.316 e. The van der Waals surface area contributed by atoms with Crippen LogP contribution in [0.5, 0.6) is 5.75 Å². The molecule has 1 aromatic rings. The molecule has 0 aliphatic carbocycles. The van der Waals surface area contributed by atoms with Gasteiger partial charge in [0.2, 0.25) is 14.8 Å². The number of carbonyl (C=O) groups excluding carboxylic acids is 1. The molecule has 0 spiro atoms. The van der Waals surface area contributed by atoms with Gasteiger partial charge in [-0.25, -0.2) is 17.6 Å². The molecule has 0 saturated carbocycles. The van der Waals surface area contributed by atoms with Crippen molar-refractivity contribution in [1.29, 1.82) is 0 Å². The normalized spacial score (nSPS) is 17.9. The molecule has 10 heteroatoms. The summed E-state index contributed by atoms with van der Waals surface area (Å²) in [5.74, 6) is -0.832. The number of primary amides is 1. The molecular weight excluding hydrogens is 337 g/mol. The number of piperidine rings is 1. The summed E-state index contributed by atoms with van der Waals surface area (Å²) in [4.78, 5) is 10.1. The first-order valence-corrected chi connectivity index (χ1v) is 8.27. The van der Waals surface area contributed by atoms with Crippen molar-refractivity contribution in [3.63, 3.8) is 0 Å². The topological polar surface area (TPSA) is 122 Å². The van der Waals surface area contributed by atoms with Gasteiger partial charge < -0.3 is 21.5 Å². The molecule has 1 heterocycles. The summed E-state index contributed by atoms with van der Waals surface area (Å²) in [6.07, 6.45) is -0.531. The van der Waals surface area contributed by atoms with E-state index in [1.165, 1.54) is 6.07 Å². The first-order chi connectivity index (χ1) is 10.2. The fraction of sp³-hybridized carbons (Fsp3) is 0.417. The molecule has 0 bridgehead atoms. The molecule has 2 rings (SSSR count). The zero-order valence-electron chi connectivity index (χ0n) is 11.4. The van der Waals surface area contributed by atoms with Gasteiger partial charge in [0.05, 0.1) is 10.7 Å². The third kappa shape index (κ3) is 2.83. The Balaban J connectivity index is 2.57. The van der Waals surface area contributed by atoms with E-state index in [-0.39, 0.29) is 36.6 Å². The monoisotopic (exact) mass is 351 g/mol. The SMILES string of the molecule is NC(=O)Nc1ccc(Cl)c(S(=O)(=O)C2(F)CCNCC2)c1O. The van der Waals surface area contributed by atoms with Crippen LogP contribution < -0.4 is 16.4 Å². The van der Waals surface area contributed by atoms with Crippen LogP contribution in [0.4, 0.5) is 14.9 Å². The second-order valence-corrected chi connectivity index (χ2v) is 7.45. The third-order valence-electron chi connectivity index (χ3n) is 3.44. The molecule has 1 aliphatic rings. The van der Waals surface area contributed by atoms with Crippen molar-refractivity contribution in [1.82, 2.24) is 5.32 Å². The summed E-state index contributed by atoms with van der Waals surface area (Å²) >= 11 is 5.84. The minimum absolute atomic E-state index is 0.188. The Labute approximate surface area is 131 Å². The number of benzene rings is 1. The van der Waals surface area contributed by atoms with E-state index in [1.54, 1.807) is 0 Å². The Kier molecular flexibility index (Phi) is 4.50. The second-order valence-electron chi connectivity index (χ2n) is 4.90. The van der Waals surface area contributed by atoms with Crippen LogP contribution in [0.2, 0.25) is 5.02 Å². The van der Waals surface area contributed by atoms with Crippen LogP contribution in [0.3, 0.4) is 0 Å². The number of rotatable bonds is 3. The number of halogens is 2. The maximum Gasteiger partial charge on any atom is 0.316 e. The lowest BCUT2D eigenvalue weighted by Crippen LogP contribution is -2.44. The number of phenolic OH excluding ortho intramolecular Hbond substituents is 1. The van der Waals surface area contributed by atoms with Gasteiger partial charge in [0.15, 0.2) is 5.75 Å². The van der Waals surface area contributed by atoms with Crippen molar-refractivity contribution in [2.75, 3.05) is 18.4 Å². The summed E-state index contributed by atoms with van der Waals surface area (Å²) in [6.45, 7) is 0.376. The minimum Gasteiger partial charge on any atom is -0.504 e. The summed E-state index contributed by atoms with van der Waals surface area (Å²) in [7, 11) is -4.56. The van der Waals surface area contributed by atoms with E-state index in [1.807, 2.05) is 0 Å². The Hall–Kier alpha value is -1.58. The molecule has 0 radical (unpaired) electrons. The van der Waals surface area contributed by atoms with Crippen molar-refractivity contribution >= 4 is 33.2 Å². The number of urea groups is 1. The number of aromatic hydroxyl groups is 1. The highest BCUT2D eigenvalue weighted by atomic mass is 35.5. The van der Waals surface area contributed by atoms with Gasteiger partial charge in [-0.15, -0.1) is 0 Å². The summed E-state index contributed by atoms with van der Waals surface area (Å²) < 4.78 is 40.1. The van der Waals surface area contributed by atoms with E-state index in [9.17, 15) is 22.7 Å². The first-order valence-electron chi connectivity index (χ1n) is 6.41. The molecule has 2 amide bonds. The van der Waals surface area contributed by atoms with Gasteiger partial charge in [-0.1, -0.05) is 11.6 Å². The fourth-order valence-electron chi connectivity index (χ4n) is 2.29. The van der Waals surface area contributed by atoms with Gasteiger partial charge >= 0.3 is 6.03 Å². The quantitative estimate of drug-likeness (QED) is 0.612. The Bertz CT molecular complexity index is 705. The number of nitrogens with one attached hydrogen (secondary N) is 2. The van der Waals surface area contributed by atoms with Crippen LogP contribution in [-0.2, 0) is 9.84 Å². The number of amides is 2. The number of anilines is 1. The molecule has 1 aromatic carbocycles. The third-order valence-corrected chi connectivity index (χ3v) is 6.19. The van der Waals surface area contributed by atoms with Crippen LogP contribution in [0, 0.1) is 0 Å². The number of alkyl halides is 1. The zero-order chi connectivity index (χ0) is 16.5. The van der Waals surface area contributed by atoms with Crippen LogP contribution in [0.25, 0.3) is 0 Å². The summed E-state index contributed by atoms with van der Waals surface area (Å²) in [5, 5.41) is 12.1. The van der Waals surface area contributed by atoms with Gasteiger partial charge in [0, 0.05) is 12.8 Å². The van der Waals surface area contributed by atoms with E-state index in [4.69, 9.17) is 17.3 Å². The lowest BCUT2D eigenvalue weighted by molar-refractivity contribution is 0.205. The molecule has 0 atom stereocenters. The van der Waals surface area contributed by atoms with Gasteiger partial charge in [0.1, 0.15) is 4.90 Å². The molecule has 22 heavy (non-hydrogen) atoms. The predicted molar refractivity (Wildman–Crippen MR) is 79.5 cm³/mol. The number of hydrogen-bond acceptors (Lipinski definition) is 5. The van der Waals surface area contributed by atoms with Crippen LogP contribution in [0.15, 0.2) is 17.0 Å². The van der Waals surface area contributed by atoms with E-state index in [2.05, 4.69) is 10.6 Å². The molecule has 7 nitrogen and oxygen atoms in total. The Morgan fingerprint density at radius 3 is 2.55 bits per heavy atom. The van der Waals surface area contributed by atoms with Gasteiger partial charge in [-0.2, -0.15) is 0 Å².